The molecule has 2 nitrogen and oxygen atoms in total. The number of nitrogens with two attached hydrogens (primary N) is 1. The summed E-state index contributed by atoms with van der Waals surface area (Å²) in [6, 6.07) is 9.66. The maximum absolute atomic E-state index is 13.9. The number of anilines is 1. The van der Waals surface area contributed by atoms with Crippen LogP contribution in [-0.2, 0) is 0 Å². The van der Waals surface area contributed by atoms with E-state index in [9.17, 15) is 4.39 Å². The Morgan fingerprint density at radius 1 is 1.21 bits per heavy atom. The van der Waals surface area contributed by atoms with Gasteiger partial charge in [0.15, 0.2) is 0 Å². The van der Waals surface area contributed by atoms with Crippen molar-refractivity contribution in [1.29, 1.82) is 0 Å². The van der Waals surface area contributed by atoms with Gasteiger partial charge in [-0.15, -0.1) is 0 Å². The zero-order valence-corrected chi connectivity index (χ0v) is 11.4. The third-order valence-corrected chi connectivity index (χ3v) is 2.86. The average Bonchev–Trinajstić information content (AvgIpc) is 2.36. The van der Waals surface area contributed by atoms with Crippen LogP contribution >= 0.6 is 11.6 Å². The third kappa shape index (κ3) is 3.38. The fourth-order valence-electron chi connectivity index (χ4n) is 1.80. The van der Waals surface area contributed by atoms with Gasteiger partial charge in [0, 0.05) is 16.3 Å². The summed E-state index contributed by atoms with van der Waals surface area (Å²) in [6.45, 7) is 2.62. The first-order chi connectivity index (χ1) is 9.10. The average molecular weight is 280 g/mol. The fourth-order valence-corrected chi connectivity index (χ4v) is 2.05. The highest BCUT2D eigenvalue weighted by Crippen LogP contribution is 2.30. The molecule has 0 fully saturated rings. The van der Waals surface area contributed by atoms with Crippen LogP contribution in [0.25, 0.3) is 11.1 Å². The molecule has 0 heterocycles. The van der Waals surface area contributed by atoms with Gasteiger partial charge in [-0.1, -0.05) is 18.5 Å². The number of ether oxygens (including phenoxy) is 1. The van der Waals surface area contributed by atoms with E-state index in [-0.39, 0.29) is 5.82 Å². The van der Waals surface area contributed by atoms with E-state index in [1.807, 2.05) is 6.92 Å². The number of hydrogen-bond donors (Lipinski definition) is 1. The van der Waals surface area contributed by atoms with E-state index >= 15 is 0 Å². The zero-order chi connectivity index (χ0) is 13.8. The number of halogens is 2. The van der Waals surface area contributed by atoms with Crippen molar-refractivity contribution in [2.24, 2.45) is 0 Å². The lowest BCUT2D eigenvalue weighted by molar-refractivity contribution is 0.317. The van der Waals surface area contributed by atoms with Crippen LogP contribution in [0.5, 0.6) is 5.75 Å². The van der Waals surface area contributed by atoms with Gasteiger partial charge in [0.05, 0.1) is 6.61 Å². The Hall–Kier alpha value is -1.74. The Kier molecular flexibility index (Phi) is 4.27. The summed E-state index contributed by atoms with van der Waals surface area (Å²) in [6.07, 6.45) is 0.900. The lowest BCUT2D eigenvalue weighted by atomic mass is 10.0. The topological polar surface area (TPSA) is 35.2 Å². The molecule has 0 atom stereocenters. The predicted molar refractivity (Wildman–Crippen MR) is 77.0 cm³/mol. The molecule has 2 N–H and O–H groups in total. The molecular weight excluding hydrogens is 265 g/mol. The van der Waals surface area contributed by atoms with Crippen molar-refractivity contribution in [2.45, 2.75) is 13.3 Å². The van der Waals surface area contributed by atoms with Gasteiger partial charge >= 0.3 is 0 Å². The molecule has 0 saturated carbocycles. The van der Waals surface area contributed by atoms with Crippen molar-refractivity contribution in [1.82, 2.24) is 0 Å². The molecule has 19 heavy (non-hydrogen) atoms. The van der Waals surface area contributed by atoms with Gasteiger partial charge in [0.1, 0.15) is 11.6 Å². The van der Waals surface area contributed by atoms with Crippen molar-refractivity contribution < 1.29 is 9.13 Å². The maximum Gasteiger partial charge on any atom is 0.131 e. The first kappa shape index (κ1) is 13.7. The molecule has 0 unspecified atom stereocenters. The normalized spacial score (nSPS) is 10.5. The van der Waals surface area contributed by atoms with Crippen molar-refractivity contribution in [3.63, 3.8) is 0 Å². The fraction of sp³-hybridized carbons (Fsp3) is 0.200. The molecule has 2 rings (SSSR count). The minimum atomic E-state index is -0.328. The molecule has 100 valence electrons. The van der Waals surface area contributed by atoms with E-state index in [0.29, 0.717) is 34.2 Å². The molecule has 4 heteroatoms. The zero-order valence-electron chi connectivity index (χ0n) is 10.6. The van der Waals surface area contributed by atoms with Crippen LogP contribution < -0.4 is 10.5 Å². The van der Waals surface area contributed by atoms with Gasteiger partial charge in [-0.2, -0.15) is 0 Å². The van der Waals surface area contributed by atoms with Crippen molar-refractivity contribution in [3.05, 3.63) is 47.2 Å². The second kappa shape index (κ2) is 5.93. The van der Waals surface area contributed by atoms with Gasteiger partial charge < -0.3 is 10.5 Å². The summed E-state index contributed by atoms with van der Waals surface area (Å²) < 4.78 is 19.4. The molecular formula is C15H15ClFNO. The van der Waals surface area contributed by atoms with Crippen LogP contribution in [0.3, 0.4) is 0 Å². The molecule has 0 amide bonds. The number of nitrogen functional groups attached to an aromatic ring is 1. The van der Waals surface area contributed by atoms with Gasteiger partial charge in [-0.05, 0) is 48.4 Å². The summed E-state index contributed by atoms with van der Waals surface area (Å²) in [7, 11) is 0. The summed E-state index contributed by atoms with van der Waals surface area (Å²) >= 11 is 5.94. The Morgan fingerprint density at radius 3 is 2.68 bits per heavy atom. The molecule has 2 aromatic rings. The standard InChI is InChI=1S/C15H15ClFNO/c1-2-5-19-13-3-4-15(17)14(9-13)10-6-11(16)8-12(18)7-10/h3-4,6-9H,2,5,18H2,1H3. The molecule has 0 aliphatic carbocycles. The van der Waals surface area contributed by atoms with Crippen LogP contribution in [-0.4, -0.2) is 6.61 Å². The van der Waals surface area contributed by atoms with E-state index in [2.05, 4.69) is 0 Å². The second-order valence-electron chi connectivity index (χ2n) is 4.26. The number of rotatable bonds is 4. The minimum Gasteiger partial charge on any atom is -0.494 e. The van der Waals surface area contributed by atoms with Gasteiger partial charge in [-0.25, -0.2) is 4.39 Å². The summed E-state index contributed by atoms with van der Waals surface area (Å²) in [5.41, 5.74) is 7.30. The van der Waals surface area contributed by atoms with Crippen molar-refractivity contribution in [2.75, 3.05) is 12.3 Å². The molecule has 0 radical (unpaired) electrons. The maximum atomic E-state index is 13.9. The van der Waals surface area contributed by atoms with Crippen molar-refractivity contribution >= 4 is 17.3 Å². The highest BCUT2D eigenvalue weighted by molar-refractivity contribution is 6.31. The van der Waals surface area contributed by atoms with E-state index in [0.717, 1.165) is 6.42 Å². The van der Waals surface area contributed by atoms with E-state index in [1.54, 1.807) is 30.3 Å². The molecule has 0 aliphatic rings. The second-order valence-corrected chi connectivity index (χ2v) is 4.70. The molecule has 0 bridgehead atoms. The quantitative estimate of drug-likeness (QED) is 0.835. The molecule has 2 aromatic carbocycles. The van der Waals surface area contributed by atoms with E-state index in [1.165, 1.54) is 6.07 Å². The van der Waals surface area contributed by atoms with Crippen LogP contribution in [0.4, 0.5) is 10.1 Å². The van der Waals surface area contributed by atoms with E-state index in [4.69, 9.17) is 22.1 Å². The highest BCUT2D eigenvalue weighted by atomic mass is 35.5. The Balaban J connectivity index is 2.42. The van der Waals surface area contributed by atoms with Crippen LogP contribution in [0, 0.1) is 5.82 Å². The van der Waals surface area contributed by atoms with Gasteiger partial charge in [0.25, 0.3) is 0 Å². The molecule has 0 aliphatic heterocycles. The highest BCUT2D eigenvalue weighted by Gasteiger charge is 2.08. The van der Waals surface area contributed by atoms with E-state index < -0.39 is 0 Å². The summed E-state index contributed by atoms with van der Waals surface area (Å²) in [5.74, 6) is 0.308. The Bertz CT molecular complexity index is 566. The predicted octanol–water partition coefficient (Wildman–Crippen LogP) is 4.52. The van der Waals surface area contributed by atoms with Crippen LogP contribution in [0.15, 0.2) is 36.4 Å². The Morgan fingerprint density at radius 2 is 2.00 bits per heavy atom. The molecule has 0 spiro atoms. The summed E-state index contributed by atoms with van der Waals surface area (Å²) in [4.78, 5) is 0. The summed E-state index contributed by atoms with van der Waals surface area (Å²) in [5, 5.41) is 0.481. The number of benzene rings is 2. The lowest BCUT2D eigenvalue weighted by Crippen LogP contribution is -1.96. The SMILES string of the molecule is CCCOc1ccc(F)c(-c2cc(N)cc(Cl)c2)c1. The lowest BCUT2D eigenvalue weighted by Gasteiger charge is -2.09. The largest absolute Gasteiger partial charge is 0.494 e. The first-order valence-corrected chi connectivity index (χ1v) is 6.46. The number of hydrogen-bond acceptors (Lipinski definition) is 2. The molecule has 0 aromatic heterocycles. The van der Waals surface area contributed by atoms with Crippen molar-refractivity contribution in [3.8, 4) is 16.9 Å². The van der Waals surface area contributed by atoms with Crippen LogP contribution in [0.1, 0.15) is 13.3 Å². The Labute approximate surface area is 117 Å². The minimum absolute atomic E-state index is 0.328. The smallest absolute Gasteiger partial charge is 0.131 e. The van der Waals surface area contributed by atoms with Gasteiger partial charge in [-0.3, -0.25) is 0 Å². The van der Waals surface area contributed by atoms with Crippen LogP contribution in [0.2, 0.25) is 5.02 Å². The third-order valence-electron chi connectivity index (χ3n) is 2.64. The van der Waals surface area contributed by atoms with Gasteiger partial charge in [0.2, 0.25) is 0 Å². The monoisotopic (exact) mass is 279 g/mol. The first-order valence-electron chi connectivity index (χ1n) is 6.09. The molecule has 0 saturated heterocycles.